The van der Waals surface area contributed by atoms with Crippen molar-refractivity contribution in [3.8, 4) is 11.5 Å². The Labute approximate surface area is 130 Å². The highest BCUT2D eigenvalue weighted by Crippen LogP contribution is 2.35. The lowest BCUT2D eigenvalue weighted by atomic mass is 10.1. The Balaban J connectivity index is 1.94. The molecule has 4 heteroatoms. The van der Waals surface area contributed by atoms with E-state index in [2.05, 4.69) is 20.9 Å². The van der Waals surface area contributed by atoms with E-state index in [4.69, 9.17) is 4.74 Å². The van der Waals surface area contributed by atoms with E-state index in [1.807, 2.05) is 36.4 Å². The Morgan fingerprint density at radius 2 is 1.90 bits per heavy atom. The first-order valence-corrected chi connectivity index (χ1v) is 7.26. The summed E-state index contributed by atoms with van der Waals surface area (Å²) in [6.45, 7) is 1.49. The summed E-state index contributed by atoms with van der Waals surface area (Å²) in [5, 5.41) is 2.23. The number of pyridine rings is 1. The first-order valence-electron chi connectivity index (χ1n) is 6.47. The lowest BCUT2D eigenvalue weighted by Gasteiger charge is -2.10. The topological polar surface area (TPSA) is 39.2 Å². The van der Waals surface area contributed by atoms with Crippen LogP contribution in [-0.4, -0.2) is 10.8 Å². The third-order valence-electron chi connectivity index (χ3n) is 3.15. The Morgan fingerprint density at radius 1 is 1.10 bits per heavy atom. The highest BCUT2D eigenvalue weighted by atomic mass is 79.9. The first-order chi connectivity index (χ1) is 10.1. The normalized spacial score (nSPS) is 10.6. The summed E-state index contributed by atoms with van der Waals surface area (Å²) < 4.78 is 6.73. The number of benzene rings is 2. The summed E-state index contributed by atoms with van der Waals surface area (Å²) in [4.78, 5) is 15.3. The van der Waals surface area contributed by atoms with Crippen LogP contribution in [0.25, 0.3) is 10.8 Å². The van der Waals surface area contributed by atoms with E-state index in [0.717, 1.165) is 15.2 Å². The molecule has 0 N–H and O–H groups in total. The van der Waals surface area contributed by atoms with Gasteiger partial charge in [-0.3, -0.25) is 4.79 Å². The van der Waals surface area contributed by atoms with E-state index in [0.29, 0.717) is 17.2 Å². The van der Waals surface area contributed by atoms with Gasteiger partial charge in [0.1, 0.15) is 17.2 Å². The molecule has 0 aliphatic heterocycles. The second-order valence-electron chi connectivity index (χ2n) is 4.64. The molecule has 21 heavy (non-hydrogen) atoms. The van der Waals surface area contributed by atoms with Gasteiger partial charge in [0.2, 0.25) is 0 Å². The molecule has 0 aliphatic carbocycles. The average Bonchev–Trinajstić information content (AvgIpc) is 2.51. The molecule has 0 aliphatic rings. The third kappa shape index (κ3) is 2.81. The van der Waals surface area contributed by atoms with Crippen LogP contribution in [0.15, 0.2) is 59.2 Å². The number of ketones is 1. The minimum atomic E-state index is -0.0616. The zero-order chi connectivity index (χ0) is 14.8. The van der Waals surface area contributed by atoms with Gasteiger partial charge < -0.3 is 4.74 Å². The maximum absolute atomic E-state index is 11.2. The van der Waals surface area contributed by atoms with Crippen LogP contribution in [0, 0.1) is 0 Å². The van der Waals surface area contributed by atoms with Crippen LogP contribution in [0.5, 0.6) is 11.5 Å². The molecule has 2 aromatic carbocycles. The number of aromatic nitrogens is 1. The summed E-state index contributed by atoms with van der Waals surface area (Å²) >= 11 is 3.58. The van der Waals surface area contributed by atoms with Crippen LogP contribution < -0.4 is 4.74 Å². The smallest absolute Gasteiger partial charge is 0.178 e. The summed E-state index contributed by atoms with van der Waals surface area (Å²) in [5.41, 5.74) is 0.430. The second-order valence-corrected chi connectivity index (χ2v) is 5.43. The van der Waals surface area contributed by atoms with Crippen molar-refractivity contribution in [1.82, 2.24) is 4.98 Å². The molecule has 0 saturated heterocycles. The zero-order valence-electron chi connectivity index (χ0n) is 11.3. The van der Waals surface area contributed by atoms with Crippen molar-refractivity contribution in [3.05, 3.63) is 64.9 Å². The van der Waals surface area contributed by atoms with Gasteiger partial charge >= 0.3 is 0 Å². The van der Waals surface area contributed by atoms with Gasteiger partial charge in [0.05, 0.1) is 10.7 Å². The van der Waals surface area contributed by atoms with Crippen LogP contribution in [-0.2, 0) is 0 Å². The van der Waals surface area contributed by atoms with E-state index in [9.17, 15) is 4.79 Å². The molecule has 0 bridgehead atoms. The summed E-state index contributed by atoms with van der Waals surface area (Å²) in [7, 11) is 0. The predicted molar refractivity (Wildman–Crippen MR) is 86.0 cm³/mol. The molecular formula is C17H12BrNO2. The average molecular weight is 342 g/mol. The third-order valence-corrected chi connectivity index (χ3v) is 3.97. The molecule has 0 unspecified atom stereocenters. The predicted octanol–water partition coefficient (Wildman–Crippen LogP) is 4.99. The first kappa shape index (κ1) is 13.8. The highest BCUT2D eigenvalue weighted by Gasteiger charge is 2.08. The van der Waals surface area contributed by atoms with Gasteiger partial charge in [-0.15, -0.1) is 0 Å². The fourth-order valence-corrected chi connectivity index (χ4v) is 2.64. The number of hydrogen-bond donors (Lipinski definition) is 0. The van der Waals surface area contributed by atoms with E-state index < -0.39 is 0 Å². The van der Waals surface area contributed by atoms with E-state index in [1.165, 1.54) is 6.92 Å². The number of fused-ring (bicyclic) bond motifs is 1. The monoisotopic (exact) mass is 341 g/mol. The van der Waals surface area contributed by atoms with Crippen molar-refractivity contribution in [3.63, 3.8) is 0 Å². The Morgan fingerprint density at radius 3 is 2.62 bits per heavy atom. The molecule has 0 saturated carbocycles. The number of carbonyl (C=O) groups excluding carboxylic acids is 1. The van der Waals surface area contributed by atoms with Gasteiger partial charge in [-0.25, -0.2) is 4.98 Å². The molecular weight excluding hydrogens is 330 g/mol. The van der Waals surface area contributed by atoms with Crippen molar-refractivity contribution < 1.29 is 9.53 Å². The Kier molecular flexibility index (Phi) is 3.71. The van der Waals surface area contributed by atoms with Gasteiger partial charge in [0, 0.05) is 6.92 Å². The summed E-state index contributed by atoms with van der Waals surface area (Å²) in [6, 6.07) is 15.4. The fourth-order valence-electron chi connectivity index (χ4n) is 2.07. The quantitative estimate of drug-likeness (QED) is 0.630. The number of halogens is 1. The summed E-state index contributed by atoms with van der Waals surface area (Å²) in [6.07, 6.45) is 1.55. The zero-order valence-corrected chi connectivity index (χ0v) is 12.9. The molecule has 1 heterocycles. The van der Waals surface area contributed by atoms with Crippen molar-refractivity contribution in [2.24, 2.45) is 0 Å². The fraction of sp³-hybridized carbons (Fsp3) is 0.0588. The lowest BCUT2D eigenvalue weighted by Crippen LogP contribution is -1.96. The molecule has 0 fully saturated rings. The van der Waals surface area contributed by atoms with E-state index in [-0.39, 0.29) is 5.78 Å². The van der Waals surface area contributed by atoms with E-state index in [1.54, 1.807) is 18.3 Å². The Bertz CT molecular complexity index is 813. The number of hydrogen-bond acceptors (Lipinski definition) is 3. The van der Waals surface area contributed by atoms with Gasteiger partial charge in [-0.05, 0) is 44.9 Å². The Hall–Kier alpha value is -2.20. The molecule has 0 spiro atoms. The van der Waals surface area contributed by atoms with Gasteiger partial charge in [-0.2, -0.15) is 0 Å². The number of carbonyl (C=O) groups is 1. The van der Waals surface area contributed by atoms with Crippen molar-refractivity contribution in [1.29, 1.82) is 0 Å². The lowest BCUT2D eigenvalue weighted by molar-refractivity contribution is 0.101. The maximum atomic E-state index is 11.2. The molecule has 3 nitrogen and oxygen atoms in total. The largest absolute Gasteiger partial charge is 0.455 e. The number of ether oxygens (including phenoxy) is 1. The van der Waals surface area contributed by atoms with Crippen LogP contribution in [0.4, 0.5) is 0 Å². The van der Waals surface area contributed by atoms with Crippen molar-refractivity contribution in [2.45, 2.75) is 6.92 Å². The van der Waals surface area contributed by atoms with Crippen LogP contribution in [0.1, 0.15) is 17.4 Å². The van der Waals surface area contributed by atoms with Gasteiger partial charge in [0.25, 0.3) is 0 Å². The minimum absolute atomic E-state index is 0.0616. The molecule has 3 rings (SSSR count). The van der Waals surface area contributed by atoms with Crippen molar-refractivity contribution in [2.75, 3.05) is 0 Å². The highest BCUT2D eigenvalue weighted by molar-refractivity contribution is 9.10. The summed E-state index contributed by atoms with van der Waals surface area (Å²) in [5.74, 6) is 1.25. The van der Waals surface area contributed by atoms with Gasteiger partial charge in [-0.1, -0.05) is 30.3 Å². The molecule has 0 atom stereocenters. The van der Waals surface area contributed by atoms with E-state index >= 15 is 0 Å². The standard InChI is InChI=1S/C17H12BrNO2/c1-11(20)15-8-7-13(10-19-15)21-16-9-6-12-4-2-3-5-14(12)17(16)18/h2-10H,1H3. The number of nitrogens with zero attached hydrogens (tertiary/aromatic N) is 1. The number of rotatable bonds is 3. The van der Waals surface area contributed by atoms with Crippen LogP contribution in [0.2, 0.25) is 0 Å². The van der Waals surface area contributed by atoms with Crippen molar-refractivity contribution >= 4 is 32.5 Å². The number of Topliss-reactive ketones (excluding diaryl/α,β-unsaturated/α-hetero) is 1. The molecule has 104 valence electrons. The molecule has 1 aromatic heterocycles. The molecule has 0 radical (unpaired) electrons. The van der Waals surface area contributed by atoms with Crippen LogP contribution in [0.3, 0.4) is 0 Å². The second kappa shape index (κ2) is 5.66. The van der Waals surface area contributed by atoms with Gasteiger partial charge in [0.15, 0.2) is 5.78 Å². The SMILES string of the molecule is CC(=O)c1ccc(Oc2ccc3ccccc3c2Br)cn1. The molecule has 0 amide bonds. The van der Waals surface area contributed by atoms with Crippen LogP contribution >= 0.6 is 15.9 Å². The minimum Gasteiger partial charge on any atom is -0.455 e. The molecule has 3 aromatic rings. The maximum Gasteiger partial charge on any atom is 0.178 e.